The van der Waals surface area contributed by atoms with Crippen LogP contribution < -0.4 is 0 Å². The number of likely N-dealkylation sites (tertiary alicyclic amines) is 1. The number of hydrogen-bond acceptors (Lipinski definition) is 2. The van der Waals surface area contributed by atoms with E-state index in [1.165, 1.54) is 0 Å². The molecular weight excluding hydrogens is 256 g/mol. The van der Waals surface area contributed by atoms with E-state index >= 15 is 0 Å². The standard InChI is InChI=1S/C11H13BrN2O/c12-9-4-3-6-13-10(9)8-14-7-2-1-5-11(14)15/h3-4,6H,1-2,5,7-8H2. The molecule has 1 fully saturated rings. The number of rotatable bonds is 2. The van der Waals surface area contributed by atoms with Gasteiger partial charge in [0.15, 0.2) is 0 Å². The quantitative estimate of drug-likeness (QED) is 0.825. The molecule has 3 nitrogen and oxygen atoms in total. The van der Waals surface area contributed by atoms with E-state index in [2.05, 4.69) is 20.9 Å². The number of pyridine rings is 1. The van der Waals surface area contributed by atoms with Crippen LogP contribution in [0.25, 0.3) is 0 Å². The summed E-state index contributed by atoms with van der Waals surface area (Å²) in [7, 11) is 0. The number of carbonyl (C=O) groups excluding carboxylic acids is 1. The Balaban J connectivity index is 2.08. The number of piperidine rings is 1. The van der Waals surface area contributed by atoms with Crippen LogP contribution in [0.1, 0.15) is 25.0 Å². The summed E-state index contributed by atoms with van der Waals surface area (Å²) in [5.41, 5.74) is 0.938. The topological polar surface area (TPSA) is 33.2 Å². The summed E-state index contributed by atoms with van der Waals surface area (Å²) in [6, 6.07) is 3.84. The van der Waals surface area contributed by atoms with Gasteiger partial charge in [0.1, 0.15) is 0 Å². The Morgan fingerprint density at radius 2 is 2.33 bits per heavy atom. The number of halogens is 1. The van der Waals surface area contributed by atoms with Gasteiger partial charge in [-0.15, -0.1) is 0 Å². The van der Waals surface area contributed by atoms with Crippen LogP contribution in [0.15, 0.2) is 22.8 Å². The van der Waals surface area contributed by atoms with Gasteiger partial charge in [0.05, 0.1) is 12.2 Å². The molecule has 2 heterocycles. The minimum Gasteiger partial charge on any atom is -0.337 e. The Hall–Kier alpha value is -0.900. The normalized spacial score (nSPS) is 16.9. The first-order chi connectivity index (χ1) is 7.27. The number of hydrogen-bond donors (Lipinski definition) is 0. The predicted octanol–water partition coefficient (Wildman–Crippen LogP) is 2.36. The lowest BCUT2D eigenvalue weighted by atomic mass is 10.1. The predicted molar refractivity (Wildman–Crippen MR) is 61.2 cm³/mol. The van der Waals surface area contributed by atoms with E-state index in [1.54, 1.807) is 6.20 Å². The third-order valence-corrected chi connectivity index (χ3v) is 3.32. The van der Waals surface area contributed by atoms with Crippen molar-refractivity contribution in [3.63, 3.8) is 0 Å². The van der Waals surface area contributed by atoms with Crippen LogP contribution in [0.4, 0.5) is 0 Å². The maximum Gasteiger partial charge on any atom is 0.222 e. The van der Waals surface area contributed by atoms with Crippen LogP contribution in [0.2, 0.25) is 0 Å². The molecule has 0 aromatic carbocycles. The number of nitrogens with zero attached hydrogens (tertiary/aromatic N) is 2. The van der Waals surface area contributed by atoms with E-state index in [-0.39, 0.29) is 5.91 Å². The molecule has 0 spiro atoms. The third-order valence-electron chi connectivity index (χ3n) is 2.60. The number of amides is 1. The fraction of sp³-hybridized carbons (Fsp3) is 0.455. The van der Waals surface area contributed by atoms with E-state index in [0.29, 0.717) is 13.0 Å². The first-order valence-electron chi connectivity index (χ1n) is 5.14. The lowest BCUT2D eigenvalue weighted by Gasteiger charge is -2.26. The second-order valence-electron chi connectivity index (χ2n) is 3.70. The molecule has 0 atom stereocenters. The van der Waals surface area contributed by atoms with E-state index < -0.39 is 0 Å². The molecule has 15 heavy (non-hydrogen) atoms. The van der Waals surface area contributed by atoms with Gasteiger partial charge in [0.2, 0.25) is 5.91 Å². The highest BCUT2D eigenvalue weighted by atomic mass is 79.9. The van der Waals surface area contributed by atoms with Gasteiger partial charge >= 0.3 is 0 Å². The molecule has 4 heteroatoms. The highest BCUT2D eigenvalue weighted by Crippen LogP contribution is 2.18. The van der Waals surface area contributed by atoms with E-state index in [4.69, 9.17) is 0 Å². The van der Waals surface area contributed by atoms with Gasteiger partial charge < -0.3 is 4.90 Å². The summed E-state index contributed by atoms with van der Waals surface area (Å²) in [6.07, 6.45) is 4.58. The lowest BCUT2D eigenvalue weighted by Crippen LogP contribution is -2.34. The number of aromatic nitrogens is 1. The Labute approximate surface area is 97.6 Å². The van der Waals surface area contributed by atoms with Gasteiger partial charge in [-0.25, -0.2) is 0 Å². The Bertz CT molecular complexity index is 367. The maximum absolute atomic E-state index is 11.6. The van der Waals surface area contributed by atoms with Crippen molar-refractivity contribution in [1.29, 1.82) is 0 Å². The summed E-state index contributed by atoms with van der Waals surface area (Å²) in [6.45, 7) is 1.49. The molecule has 1 aliphatic rings. The smallest absolute Gasteiger partial charge is 0.222 e. The van der Waals surface area contributed by atoms with Crippen LogP contribution in [0.5, 0.6) is 0 Å². The second kappa shape index (κ2) is 4.75. The highest BCUT2D eigenvalue weighted by molar-refractivity contribution is 9.10. The van der Waals surface area contributed by atoms with Gasteiger partial charge in [-0.05, 0) is 40.9 Å². The van der Waals surface area contributed by atoms with Crippen LogP contribution in [-0.4, -0.2) is 22.3 Å². The van der Waals surface area contributed by atoms with E-state index in [9.17, 15) is 4.79 Å². The molecule has 0 unspecified atom stereocenters. The maximum atomic E-state index is 11.6. The molecule has 80 valence electrons. The molecule has 0 N–H and O–H groups in total. The first kappa shape index (κ1) is 10.6. The lowest BCUT2D eigenvalue weighted by molar-refractivity contribution is -0.133. The molecule has 0 bridgehead atoms. The summed E-state index contributed by atoms with van der Waals surface area (Å²) >= 11 is 3.44. The van der Waals surface area contributed by atoms with E-state index in [0.717, 1.165) is 29.6 Å². The largest absolute Gasteiger partial charge is 0.337 e. The fourth-order valence-electron chi connectivity index (χ4n) is 1.74. The van der Waals surface area contributed by atoms with Crippen molar-refractivity contribution in [2.45, 2.75) is 25.8 Å². The molecule has 1 aliphatic heterocycles. The van der Waals surface area contributed by atoms with Crippen molar-refractivity contribution >= 4 is 21.8 Å². The molecular formula is C11H13BrN2O. The first-order valence-corrected chi connectivity index (χ1v) is 5.94. The minimum atomic E-state index is 0.249. The zero-order valence-electron chi connectivity index (χ0n) is 8.45. The molecule has 0 radical (unpaired) electrons. The molecule has 0 aliphatic carbocycles. The van der Waals surface area contributed by atoms with Gasteiger partial charge in [-0.3, -0.25) is 9.78 Å². The number of carbonyl (C=O) groups is 1. The summed E-state index contributed by atoms with van der Waals surface area (Å²) in [5.74, 6) is 0.249. The highest BCUT2D eigenvalue weighted by Gasteiger charge is 2.19. The Kier molecular flexibility index (Phi) is 3.36. The molecule has 1 aromatic heterocycles. The van der Waals surface area contributed by atoms with Gasteiger partial charge in [0, 0.05) is 23.6 Å². The van der Waals surface area contributed by atoms with Gasteiger partial charge in [-0.2, -0.15) is 0 Å². The molecule has 1 aromatic rings. The van der Waals surface area contributed by atoms with Crippen LogP contribution in [-0.2, 0) is 11.3 Å². The van der Waals surface area contributed by atoms with Crippen molar-refractivity contribution in [2.75, 3.05) is 6.54 Å². The monoisotopic (exact) mass is 268 g/mol. The summed E-state index contributed by atoms with van der Waals surface area (Å²) in [4.78, 5) is 17.7. The zero-order valence-corrected chi connectivity index (χ0v) is 10.0. The fourth-order valence-corrected chi connectivity index (χ4v) is 2.12. The minimum absolute atomic E-state index is 0.249. The second-order valence-corrected chi connectivity index (χ2v) is 4.56. The Morgan fingerprint density at radius 3 is 3.07 bits per heavy atom. The van der Waals surface area contributed by atoms with E-state index in [1.807, 2.05) is 17.0 Å². The van der Waals surface area contributed by atoms with Gasteiger partial charge in [0.25, 0.3) is 0 Å². The van der Waals surface area contributed by atoms with Crippen molar-refractivity contribution in [1.82, 2.24) is 9.88 Å². The van der Waals surface area contributed by atoms with Crippen molar-refractivity contribution in [2.24, 2.45) is 0 Å². The molecule has 1 saturated heterocycles. The summed E-state index contributed by atoms with van der Waals surface area (Å²) < 4.78 is 0.975. The van der Waals surface area contributed by atoms with Crippen LogP contribution in [0.3, 0.4) is 0 Å². The average molecular weight is 269 g/mol. The molecule has 2 rings (SSSR count). The van der Waals surface area contributed by atoms with Crippen LogP contribution >= 0.6 is 15.9 Å². The van der Waals surface area contributed by atoms with Crippen molar-refractivity contribution in [3.05, 3.63) is 28.5 Å². The molecule has 0 saturated carbocycles. The van der Waals surface area contributed by atoms with Gasteiger partial charge in [-0.1, -0.05) is 0 Å². The van der Waals surface area contributed by atoms with Crippen LogP contribution in [0, 0.1) is 0 Å². The van der Waals surface area contributed by atoms with Crippen molar-refractivity contribution in [3.8, 4) is 0 Å². The average Bonchev–Trinajstić information content (AvgIpc) is 2.24. The van der Waals surface area contributed by atoms with Crippen molar-refractivity contribution < 1.29 is 4.79 Å². The molecule has 1 amide bonds. The summed E-state index contributed by atoms with van der Waals surface area (Å²) in [5, 5.41) is 0. The SMILES string of the molecule is O=C1CCCCN1Cc1ncccc1Br. The third kappa shape index (κ3) is 2.56. The zero-order chi connectivity index (χ0) is 10.7. The Morgan fingerprint density at radius 1 is 1.47 bits per heavy atom.